The van der Waals surface area contributed by atoms with E-state index < -0.39 is 10.0 Å². The monoisotopic (exact) mass is 467 g/mol. The first-order valence-electron chi connectivity index (χ1n) is 10.6. The van der Waals surface area contributed by atoms with Crippen LogP contribution in [0.1, 0.15) is 34.7 Å². The van der Waals surface area contributed by atoms with E-state index in [4.69, 9.17) is 0 Å². The number of amides is 1. The number of nitrogens with one attached hydrogen (secondary N) is 1. The Hall–Kier alpha value is -2.85. The van der Waals surface area contributed by atoms with Gasteiger partial charge in [0.05, 0.1) is 11.4 Å². The highest BCUT2D eigenvalue weighted by molar-refractivity contribution is 8.15. The highest BCUT2D eigenvalue weighted by atomic mass is 32.2. The van der Waals surface area contributed by atoms with Crippen molar-refractivity contribution in [2.45, 2.75) is 23.7 Å². The van der Waals surface area contributed by atoms with Crippen molar-refractivity contribution >= 4 is 49.6 Å². The van der Waals surface area contributed by atoms with Gasteiger partial charge in [0.1, 0.15) is 5.65 Å². The lowest BCUT2D eigenvalue weighted by atomic mass is 9.89. The Morgan fingerprint density at radius 1 is 1.16 bits per heavy atom. The number of hydrogen-bond acceptors (Lipinski definition) is 6. The summed E-state index contributed by atoms with van der Waals surface area (Å²) in [6.07, 6.45) is 5.66. The fraction of sp³-hybridized carbons (Fsp3) is 0.318. The van der Waals surface area contributed by atoms with Crippen LogP contribution < -0.4 is 4.90 Å². The lowest BCUT2D eigenvalue weighted by Gasteiger charge is -2.32. The smallest absolute Gasteiger partial charge is 0.257 e. The van der Waals surface area contributed by atoms with Gasteiger partial charge < -0.3 is 14.8 Å². The summed E-state index contributed by atoms with van der Waals surface area (Å²) in [7, 11) is -3.39. The minimum atomic E-state index is -3.39. The van der Waals surface area contributed by atoms with Gasteiger partial charge in [-0.1, -0.05) is 0 Å². The molecule has 3 aliphatic heterocycles. The van der Waals surface area contributed by atoms with Gasteiger partial charge in [-0.25, -0.2) is 13.4 Å². The molecular formula is C22H21N5O3S2. The third-order valence-electron chi connectivity index (χ3n) is 6.42. The van der Waals surface area contributed by atoms with Crippen molar-refractivity contribution in [3.63, 3.8) is 0 Å². The molecule has 1 amide bonds. The third-order valence-corrected chi connectivity index (χ3v) is 8.73. The van der Waals surface area contributed by atoms with Crippen molar-refractivity contribution in [1.29, 1.82) is 0 Å². The van der Waals surface area contributed by atoms with Gasteiger partial charge in [-0.2, -0.15) is 0 Å². The van der Waals surface area contributed by atoms with Crippen LogP contribution in [0.2, 0.25) is 0 Å². The number of thioether (sulfide) groups is 1. The van der Waals surface area contributed by atoms with Gasteiger partial charge in [0.25, 0.3) is 15.9 Å². The van der Waals surface area contributed by atoms with E-state index in [9.17, 15) is 13.2 Å². The summed E-state index contributed by atoms with van der Waals surface area (Å²) < 4.78 is 27.5. The van der Waals surface area contributed by atoms with Crippen LogP contribution in [0.15, 0.2) is 52.0 Å². The molecule has 0 aliphatic carbocycles. The first-order chi connectivity index (χ1) is 15.5. The molecule has 10 heteroatoms. The Labute approximate surface area is 189 Å². The van der Waals surface area contributed by atoms with Crippen LogP contribution in [-0.2, 0) is 10.0 Å². The molecule has 0 spiro atoms. The lowest BCUT2D eigenvalue weighted by Crippen LogP contribution is -2.38. The molecule has 1 aromatic carbocycles. The Bertz CT molecular complexity index is 1370. The number of piperidine rings is 1. The van der Waals surface area contributed by atoms with E-state index >= 15 is 0 Å². The Kier molecular flexibility index (Phi) is 4.55. The molecule has 0 bridgehead atoms. The van der Waals surface area contributed by atoms with Crippen LogP contribution in [0.4, 0.5) is 5.69 Å². The molecule has 1 N–H and O–H groups in total. The van der Waals surface area contributed by atoms with Crippen LogP contribution in [0.3, 0.4) is 0 Å². The second-order valence-electron chi connectivity index (χ2n) is 8.31. The van der Waals surface area contributed by atoms with Crippen LogP contribution in [0.25, 0.3) is 11.0 Å². The molecule has 0 radical (unpaired) electrons. The molecule has 3 aliphatic rings. The molecule has 32 heavy (non-hydrogen) atoms. The number of carbonyl (C=O) groups is 1. The summed E-state index contributed by atoms with van der Waals surface area (Å²) in [6, 6.07) is 9.66. The van der Waals surface area contributed by atoms with Crippen LogP contribution in [-0.4, -0.2) is 59.7 Å². The summed E-state index contributed by atoms with van der Waals surface area (Å²) in [6.45, 7) is 1.81. The molecule has 6 rings (SSSR count). The number of aromatic nitrogens is 2. The molecule has 0 unspecified atom stereocenters. The van der Waals surface area contributed by atoms with Crippen molar-refractivity contribution in [3.8, 4) is 0 Å². The molecule has 3 aromatic rings. The first-order valence-corrected chi connectivity index (χ1v) is 13.0. The van der Waals surface area contributed by atoms with Gasteiger partial charge in [0.15, 0.2) is 5.17 Å². The van der Waals surface area contributed by atoms with Crippen LogP contribution >= 0.6 is 11.8 Å². The van der Waals surface area contributed by atoms with E-state index in [2.05, 4.69) is 26.6 Å². The van der Waals surface area contributed by atoms with Gasteiger partial charge in [-0.05, 0) is 66.4 Å². The summed E-state index contributed by atoms with van der Waals surface area (Å²) in [5.74, 6) is 0.439. The van der Waals surface area contributed by atoms with E-state index in [-0.39, 0.29) is 11.7 Å². The maximum atomic E-state index is 13.2. The molecule has 1 saturated heterocycles. The van der Waals surface area contributed by atoms with E-state index in [1.165, 1.54) is 17.3 Å². The Morgan fingerprint density at radius 2 is 2.00 bits per heavy atom. The molecular weight excluding hydrogens is 446 g/mol. The number of aromatic amines is 1. The Morgan fingerprint density at radius 3 is 2.84 bits per heavy atom. The van der Waals surface area contributed by atoms with Gasteiger partial charge in [-0.3, -0.25) is 4.79 Å². The van der Waals surface area contributed by atoms with E-state index in [0.717, 1.165) is 34.5 Å². The summed E-state index contributed by atoms with van der Waals surface area (Å²) in [5.41, 5.74) is 3.74. The number of pyridine rings is 1. The molecule has 164 valence electrons. The average Bonchev–Trinajstić information content (AvgIpc) is 3.38. The standard InChI is InChI=1S/C22H21N5O3S2/c28-21(15-3-4-18-19(12-15)31-22-25-32(29,30)11-10-27(18)22)26-8-5-14(6-9-26)17-13-24-20-16(17)2-1-7-23-20/h1-4,7,12-14H,5-6,8-11H2,(H,23,24). The summed E-state index contributed by atoms with van der Waals surface area (Å²) >= 11 is 1.32. The normalized spacial score (nSPS) is 20.2. The number of hydrogen-bond donors (Lipinski definition) is 1. The molecule has 8 nitrogen and oxygen atoms in total. The minimum Gasteiger partial charge on any atom is -0.346 e. The predicted octanol–water partition coefficient (Wildman–Crippen LogP) is 3.19. The van der Waals surface area contributed by atoms with Gasteiger partial charge in [0.2, 0.25) is 0 Å². The summed E-state index contributed by atoms with van der Waals surface area (Å²) in [5, 5.41) is 1.64. The SMILES string of the molecule is O=C(c1ccc2c(c1)SC1=NS(=O)(=O)CCN12)N1CCC(c2c[nH]c3ncccc23)CC1. The lowest BCUT2D eigenvalue weighted by molar-refractivity contribution is 0.0713. The van der Waals surface area contributed by atoms with Crippen molar-refractivity contribution in [2.24, 2.45) is 4.40 Å². The number of anilines is 1. The second kappa shape index (κ2) is 7.35. The maximum Gasteiger partial charge on any atom is 0.257 e. The van der Waals surface area contributed by atoms with E-state index in [1.807, 2.05) is 34.1 Å². The van der Waals surface area contributed by atoms with Gasteiger partial charge >= 0.3 is 0 Å². The molecule has 1 fully saturated rings. The number of amidine groups is 1. The second-order valence-corrected chi connectivity index (χ2v) is 11.1. The third kappa shape index (κ3) is 3.29. The Balaban J connectivity index is 1.18. The molecule has 0 atom stereocenters. The number of rotatable bonds is 2. The molecule has 2 aromatic heterocycles. The largest absolute Gasteiger partial charge is 0.346 e. The van der Waals surface area contributed by atoms with Crippen molar-refractivity contribution in [1.82, 2.24) is 14.9 Å². The zero-order valence-corrected chi connectivity index (χ0v) is 18.8. The topological polar surface area (TPSA) is 98.7 Å². The maximum absolute atomic E-state index is 13.2. The molecule has 0 saturated carbocycles. The number of likely N-dealkylation sites (tertiary alicyclic amines) is 1. The zero-order valence-electron chi connectivity index (χ0n) is 17.2. The number of fused-ring (bicyclic) bond motifs is 4. The van der Waals surface area contributed by atoms with E-state index in [1.54, 1.807) is 6.20 Å². The van der Waals surface area contributed by atoms with Gasteiger partial charge in [0, 0.05) is 47.9 Å². The number of benzene rings is 1. The van der Waals surface area contributed by atoms with Crippen LogP contribution in [0.5, 0.6) is 0 Å². The van der Waals surface area contributed by atoms with Crippen molar-refractivity contribution < 1.29 is 13.2 Å². The first kappa shape index (κ1) is 19.8. The van der Waals surface area contributed by atoms with Crippen LogP contribution in [0, 0.1) is 0 Å². The predicted molar refractivity (Wildman–Crippen MR) is 125 cm³/mol. The fourth-order valence-corrected chi connectivity index (χ4v) is 7.05. The molecule has 5 heterocycles. The van der Waals surface area contributed by atoms with Crippen molar-refractivity contribution in [3.05, 3.63) is 53.9 Å². The highest BCUT2D eigenvalue weighted by Crippen LogP contribution is 2.42. The highest BCUT2D eigenvalue weighted by Gasteiger charge is 2.34. The van der Waals surface area contributed by atoms with Crippen molar-refractivity contribution in [2.75, 3.05) is 30.3 Å². The fourth-order valence-electron chi connectivity index (χ4n) is 4.75. The number of carbonyl (C=O) groups excluding carboxylic acids is 1. The number of sulfonamides is 1. The van der Waals surface area contributed by atoms with E-state index in [0.29, 0.717) is 36.3 Å². The average molecular weight is 468 g/mol. The minimum absolute atomic E-state index is 0.0125. The zero-order chi connectivity index (χ0) is 21.9. The number of H-pyrrole nitrogens is 1. The quantitative estimate of drug-likeness (QED) is 0.622. The van der Waals surface area contributed by atoms with Gasteiger partial charge in [-0.15, -0.1) is 4.40 Å². The number of nitrogens with zero attached hydrogens (tertiary/aromatic N) is 4. The summed E-state index contributed by atoms with van der Waals surface area (Å²) in [4.78, 5) is 25.5.